The molecule has 9 nitrogen and oxygen atoms in total. The summed E-state index contributed by atoms with van der Waals surface area (Å²) in [6.07, 6.45) is 14.7. The third-order valence-electron chi connectivity index (χ3n) is 7.14. The van der Waals surface area contributed by atoms with Crippen LogP contribution in [0.3, 0.4) is 0 Å². The molecule has 0 atom stereocenters. The van der Waals surface area contributed by atoms with Crippen molar-refractivity contribution in [1.29, 1.82) is 0 Å². The number of rotatable bonds is 6. The van der Waals surface area contributed by atoms with Gasteiger partial charge in [0.2, 0.25) is 5.95 Å². The Balaban J connectivity index is 1.32. The van der Waals surface area contributed by atoms with Gasteiger partial charge in [-0.05, 0) is 68.9 Å². The van der Waals surface area contributed by atoms with Crippen LogP contribution in [0.2, 0.25) is 0 Å². The lowest BCUT2D eigenvalue weighted by Gasteiger charge is -2.27. The summed E-state index contributed by atoms with van der Waals surface area (Å²) in [7, 11) is 0. The van der Waals surface area contributed by atoms with Gasteiger partial charge in [0.25, 0.3) is 0 Å². The normalized spacial score (nSPS) is 21.2. The molecule has 9 heteroatoms. The highest BCUT2D eigenvalue weighted by Crippen LogP contribution is 2.34. The van der Waals surface area contributed by atoms with Crippen LogP contribution in [0.15, 0.2) is 49.1 Å². The second-order valence-corrected chi connectivity index (χ2v) is 9.54. The molecule has 1 aromatic carbocycles. The third kappa shape index (κ3) is 4.23. The molecule has 0 unspecified atom stereocenters. The highest BCUT2D eigenvalue weighted by Gasteiger charge is 2.24. The number of nitrogens with zero attached hydrogens (tertiary/aromatic N) is 6. The second-order valence-electron chi connectivity index (χ2n) is 9.54. The number of hydrogen-bond acceptors (Lipinski definition) is 7. The van der Waals surface area contributed by atoms with Gasteiger partial charge in [-0.15, -0.1) is 0 Å². The summed E-state index contributed by atoms with van der Waals surface area (Å²) >= 11 is 0. The quantitative estimate of drug-likeness (QED) is 0.389. The lowest BCUT2D eigenvalue weighted by molar-refractivity contribution is 0.410. The third-order valence-corrected chi connectivity index (χ3v) is 7.14. The van der Waals surface area contributed by atoms with Gasteiger partial charge in [-0.2, -0.15) is 15.1 Å². The second kappa shape index (κ2) is 9.06. The first-order chi connectivity index (χ1) is 16.7. The first kappa shape index (κ1) is 21.1. The molecular formula is C25H31N9. The van der Waals surface area contributed by atoms with Gasteiger partial charge in [-0.1, -0.05) is 12.8 Å². The molecule has 4 N–H and O–H groups in total. The fourth-order valence-corrected chi connectivity index (χ4v) is 5.22. The fourth-order valence-electron chi connectivity index (χ4n) is 5.22. The highest BCUT2D eigenvalue weighted by atomic mass is 15.3. The number of imidazole rings is 1. The Bertz CT molecular complexity index is 1230. The van der Waals surface area contributed by atoms with Gasteiger partial charge >= 0.3 is 0 Å². The molecule has 6 rings (SSSR count). The molecule has 3 heterocycles. The summed E-state index contributed by atoms with van der Waals surface area (Å²) in [6.45, 7) is 0. The summed E-state index contributed by atoms with van der Waals surface area (Å²) < 4.78 is 4.09. The standard InChI is InChI=1S/C25H31N9/c26-17-6-8-19(9-7-17)30-25-31-23(22-24(32-25)33(16-27-22)20-4-1-2-5-20)29-18-10-12-21(13-11-18)34-15-3-14-28-34/h3,10-17,19-20H,1-2,4-9,26H2,(H2,29,30,31,32). The maximum Gasteiger partial charge on any atom is 0.227 e. The smallest absolute Gasteiger partial charge is 0.227 e. The monoisotopic (exact) mass is 457 g/mol. The average Bonchev–Trinajstić information content (AvgIpc) is 3.63. The first-order valence-electron chi connectivity index (χ1n) is 12.4. The molecule has 3 aromatic heterocycles. The summed E-state index contributed by atoms with van der Waals surface area (Å²) in [5.41, 5.74) is 9.76. The lowest BCUT2D eigenvalue weighted by Crippen LogP contribution is -2.33. The molecule has 176 valence electrons. The van der Waals surface area contributed by atoms with Crippen LogP contribution in [0.25, 0.3) is 16.9 Å². The SMILES string of the molecule is NC1CCC(Nc2nc(Nc3ccc(-n4cccn4)cc3)c3ncn(C4CCCC4)c3n2)CC1. The Morgan fingerprint density at radius 1 is 0.941 bits per heavy atom. The van der Waals surface area contributed by atoms with Gasteiger partial charge in [-0.3, -0.25) is 0 Å². The van der Waals surface area contributed by atoms with Crippen molar-refractivity contribution in [3.63, 3.8) is 0 Å². The number of nitrogens with two attached hydrogens (primary N) is 1. The number of benzene rings is 1. The number of anilines is 3. The molecule has 0 spiro atoms. The molecule has 2 aliphatic carbocycles. The van der Waals surface area contributed by atoms with Crippen molar-refractivity contribution in [3.05, 3.63) is 49.1 Å². The maximum atomic E-state index is 6.11. The molecule has 0 bridgehead atoms. The van der Waals surface area contributed by atoms with Crippen LogP contribution >= 0.6 is 0 Å². The maximum absolute atomic E-state index is 6.11. The predicted molar refractivity (Wildman–Crippen MR) is 134 cm³/mol. The molecular weight excluding hydrogens is 426 g/mol. The average molecular weight is 458 g/mol. The fraction of sp³-hybridized carbons (Fsp3) is 0.440. The van der Waals surface area contributed by atoms with E-state index in [0.29, 0.717) is 24.1 Å². The van der Waals surface area contributed by atoms with Crippen LogP contribution in [-0.2, 0) is 0 Å². The van der Waals surface area contributed by atoms with E-state index in [4.69, 9.17) is 20.7 Å². The zero-order valence-corrected chi connectivity index (χ0v) is 19.3. The summed E-state index contributed by atoms with van der Waals surface area (Å²) in [6, 6.07) is 11.2. The van der Waals surface area contributed by atoms with E-state index < -0.39 is 0 Å². The number of fused-ring (bicyclic) bond motifs is 1. The van der Waals surface area contributed by atoms with E-state index in [1.54, 1.807) is 6.20 Å². The van der Waals surface area contributed by atoms with Crippen molar-refractivity contribution in [2.24, 2.45) is 5.73 Å². The van der Waals surface area contributed by atoms with Crippen LogP contribution in [0.5, 0.6) is 0 Å². The molecule has 0 radical (unpaired) electrons. The number of nitrogens with one attached hydrogen (secondary N) is 2. The Labute approximate surface area is 198 Å². The topological polar surface area (TPSA) is 112 Å². The van der Waals surface area contributed by atoms with Gasteiger partial charge < -0.3 is 20.9 Å². The Morgan fingerprint density at radius 2 is 1.74 bits per heavy atom. The van der Waals surface area contributed by atoms with E-state index in [1.165, 1.54) is 25.7 Å². The predicted octanol–water partition coefficient (Wildman–Crippen LogP) is 4.55. The van der Waals surface area contributed by atoms with Crippen molar-refractivity contribution in [3.8, 4) is 5.69 Å². The number of hydrogen-bond donors (Lipinski definition) is 3. The molecule has 2 saturated carbocycles. The van der Waals surface area contributed by atoms with E-state index in [-0.39, 0.29) is 0 Å². The van der Waals surface area contributed by atoms with Crippen LogP contribution in [0, 0.1) is 0 Å². The summed E-state index contributed by atoms with van der Waals surface area (Å²) in [5.74, 6) is 1.38. The minimum Gasteiger partial charge on any atom is -0.351 e. The van der Waals surface area contributed by atoms with E-state index in [0.717, 1.165) is 54.0 Å². The van der Waals surface area contributed by atoms with E-state index in [2.05, 4.69) is 20.3 Å². The molecule has 2 fully saturated rings. The van der Waals surface area contributed by atoms with Gasteiger partial charge in [0.05, 0.1) is 12.0 Å². The Morgan fingerprint density at radius 3 is 2.47 bits per heavy atom. The van der Waals surface area contributed by atoms with E-state index in [9.17, 15) is 0 Å². The lowest BCUT2D eigenvalue weighted by atomic mass is 9.92. The first-order valence-corrected chi connectivity index (χ1v) is 12.4. The minimum atomic E-state index is 0.312. The van der Waals surface area contributed by atoms with Crippen LogP contribution in [0.1, 0.15) is 57.4 Å². The van der Waals surface area contributed by atoms with Crippen LogP contribution in [0.4, 0.5) is 17.5 Å². The summed E-state index contributed by atoms with van der Waals surface area (Å²) in [4.78, 5) is 14.5. The minimum absolute atomic E-state index is 0.312. The van der Waals surface area contributed by atoms with Crippen molar-refractivity contribution in [1.82, 2.24) is 29.3 Å². The van der Waals surface area contributed by atoms with Crippen molar-refractivity contribution in [2.75, 3.05) is 10.6 Å². The van der Waals surface area contributed by atoms with Gasteiger partial charge in [0, 0.05) is 36.2 Å². The molecule has 2 aliphatic rings. The zero-order valence-electron chi connectivity index (χ0n) is 19.3. The number of aromatic nitrogens is 6. The zero-order chi connectivity index (χ0) is 22.9. The molecule has 0 aliphatic heterocycles. The van der Waals surface area contributed by atoms with Gasteiger partial charge in [-0.25, -0.2) is 9.67 Å². The van der Waals surface area contributed by atoms with Gasteiger partial charge in [0.1, 0.15) is 0 Å². The van der Waals surface area contributed by atoms with Crippen LogP contribution < -0.4 is 16.4 Å². The largest absolute Gasteiger partial charge is 0.351 e. The highest BCUT2D eigenvalue weighted by molar-refractivity contribution is 5.86. The molecule has 0 saturated heterocycles. The Hall–Kier alpha value is -3.46. The van der Waals surface area contributed by atoms with E-state index >= 15 is 0 Å². The van der Waals surface area contributed by atoms with Gasteiger partial charge in [0.15, 0.2) is 17.0 Å². The van der Waals surface area contributed by atoms with Crippen molar-refractivity contribution >= 4 is 28.6 Å². The van der Waals surface area contributed by atoms with E-state index in [1.807, 2.05) is 47.5 Å². The molecule has 34 heavy (non-hydrogen) atoms. The summed E-state index contributed by atoms with van der Waals surface area (Å²) in [5, 5.41) is 11.4. The van der Waals surface area contributed by atoms with Crippen molar-refractivity contribution < 1.29 is 0 Å². The van der Waals surface area contributed by atoms with Crippen LogP contribution in [-0.4, -0.2) is 41.4 Å². The molecule has 4 aromatic rings. The van der Waals surface area contributed by atoms with Crippen molar-refractivity contribution in [2.45, 2.75) is 69.5 Å². The Kier molecular flexibility index (Phi) is 5.62. The molecule has 0 amide bonds.